The lowest BCUT2D eigenvalue weighted by atomic mass is 9.98. The second-order valence-electron chi connectivity index (χ2n) is 22.2. The number of aryl methyl sites for hydroxylation is 2. The summed E-state index contributed by atoms with van der Waals surface area (Å²) < 4.78 is 79.8. The van der Waals surface area contributed by atoms with Crippen LogP contribution in [0, 0.1) is 0 Å². The average Bonchev–Trinajstić information content (AvgIpc) is 0.801. The number of benzene rings is 4. The molecule has 2 aliphatic rings. The highest BCUT2D eigenvalue weighted by Gasteiger charge is 2.54. The molecule has 2 aliphatic heterocycles. The molecular formula is C70H76N2O22. The second kappa shape index (κ2) is 34.3. The average molecular weight is 1300 g/mol. The standard InChI is InChI=1S/C70H76N2O22/c1-41(73)83-39-61-63(87-43(3)75)65(89-45(5)77)67(91-47(7)79)69(93-61)81-33-13-17-49-25-29-55(30-26-49)85-37-51-15-9-19-53(35-51)57-21-11-23-59(71-57)60-24-12-22-58(72-60)54-20-10-16-52(36-54)38-86-56-31-27-50(28-32-56)18-14-34-82-70-68(92-48(8)80)66(90-46(6)78)64(88-44(4)76)62(94-70)40-84-42(2)74/h9-12,15-16,19-32,35-36,61-70H,13-14,17-18,33-34,37-40H2,1-8H3/t61-,62-,63+,64+,65+,66+,67-,68-,69-,70-/m1/s1. The molecule has 8 rings (SSSR count). The van der Waals surface area contributed by atoms with Gasteiger partial charge in [-0.25, -0.2) is 9.97 Å². The lowest BCUT2D eigenvalue weighted by Gasteiger charge is -2.44. The quantitative estimate of drug-likeness (QED) is 0.0241. The summed E-state index contributed by atoms with van der Waals surface area (Å²) in [4.78, 5) is 106. The maximum atomic E-state index is 12.2. The third-order valence-corrected chi connectivity index (χ3v) is 14.5. The minimum absolute atomic E-state index is 0.129. The molecule has 24 nitrogen and oxygen atoms in total. The molecule has 94 heavy (non-hydrogen) atoms. The van der Waals surface area contributed by atoms with Crippen LogP contribution < -0.4 is 9.47 Å². The number of esters is 8. The number of carbonyl (C=O) groups is 8. The summed E-state index contributed by atoms with van der Waals surface area (Å²) in [6.45, 7) is 9.51. The Hall–Kier alpha value is -9.62. The van der Waals surface area contributed by atoms with Crippen LogP contribution in [0.1, 0.15) is 90.5 Å². The maximum Gasteiger partial charge on any atom is 0.303 e. The highest BCUT2D eigenvalue weighted by Crippen LogP contribution is 2.33. The zero-order valence-corrected chi connectivity index (χ0v) is 53.4. The molecule has 0 bridgehead atoms. The Morgan fingerprint density at radius 1 is 0.362 bits per heavy atom. The van der Waals surface area contributed by atoms with Crippen molar-refractivity contribution in [3.05, 3.63) is 156 Å². The lowest BCUT2D eigenvalue weighted by Crippen LogP contribution is -2.63. The molecule has 2 aromatic heterocycles. The number of carbonyl (C=O) groups excluding carboxylic acids is 8. The number of rotatable bonds is 29. The fourth-order valence-corrected chi connectivity index (χ4v) is 10.6. The van der Waals surface area contributed by atoms with Crippen molar-refractivity contribution in [2.24, 2.45) is 0 Å². The van der Waals surface area contributed by atoms with Crippen LogP contribution in [-0.4, -0.2) is 146 Å². The molecule has 0 aliphatic carbocycles. The fourth-order valence-electron chi connectivity index (χ4n) is 10.6. The molecule has 0 saturated carbocycles. The van der Waals surface area contributed by atoms with E-state index in [4.69, 9.17) is 76.3 Å². The number of pyridine rings is 2. The van der Waals surface area contributed by atoms with Gasteiger partial charge in [0.15, 0.2) is 49.2 Å². The number of nitrogens with zero attached hydrogens (tertiary/aromatic N) is 2. The molecule has 6 aromatic rings. The van der Waals surface area contributed by atoms with Gasteiger partial charge in [-0.3, -0.25) is 38.4 Å². The van der Waals surface area contributed by atoms with Crippen molar-refractivity contribution in [2.45, 2.75) is 156 Å². The summed E-state index contributed by atoms with van der Waals surface area (Å²) in [5.41, 5.74) is 8.59. The molecule has 4 heterocycles. The number of aromatic nitrogens is 2. The Bertz CT molecular complexity index is 3350. The molecule has 0 N–H and O–H groups in total. The summed E-state index contributed by atoms with van der Waals surface area (Å²) in [6.07, 6.45) is -10.3. The third-order valence-electron chi connectivity index (χ3n) is 14.5. The van der Waals surface area contributed by atoms with Gasteiger partial charge < -0.3 is 66.3 Å². The van der Waals surface area contributed by atoms with Crippen LogP contribution in [0.3, 0.4) is 0 Å². The van der Waals surface area contributed by atoms with Crippen LogP contribution >= 0.6 is 0 Å². The molecule has 0 radical (unpaired) electrons. The van der Waals surface area contributed by atoms with Gasteiger partial charge in [0.2, 0.25) is 0 Å². The third kappa shape index (κ3) is 21.2. The maximum absolute atomic E-state index is 12.2. The first-order valence-corrected chi connectivity index (χ1v) is 30.6. The van der Waals surface area contributed by atoms with Crippen molar-refractivity contribution in [2.75, 3.05) is 26.4 Å². The van der Waals surface area contributed by atoms with Crippen LogP contribution in [0.25, 0.3) is 33.9 Å². The van der Waals surface area contributed by atoms with E-state index >= 15 is 0 Å². The van der Waals surface area contributed by atoms with E-state index in [1.807, 2.05) is 133 Å². The first-order valence-electron chi connectivity index (χ1n) is 30.6. The van der Waals surface area contributed by atoms with E-state index in [9.17, 15) is 38.4 Å². The topological polar surface area (TPSA) is 292 Å². The predicted octanol–water partition coefficient (Wildman–Crippen LogP) is 8.70. The van der Waals surface area contributed by atoms with Crippen molar-refractivity contribution in [3.8, 4) is 45.4 Å². The Morgan fingerprint density at radius 3 is 1.04 bits per heavy atom. The van der Waals surface area contributed by atoms with Gasteiger partial charge in [-0.2, -0.15) is 0 Å². The number of hydrogen-bond donors (Lipinski definition) is 0. The van der Waals surface area contributed by atoms with Crippen molar-refractivity contribution < 1.29 is 105 Å². The molecule has 0 spiro atoms. The van der Waals surface area contributed by atoms with Crippen molar-refractivity contribution in [1.82, 2.24) is 9.97 Å². The fraction of sp³-hybridized carbons (Fsp3) is 0.400. The molecule has 2 saturated heterocycles. The molecule has 498 valence electrons. The normalized spacial score (nSPS) is 20.7. The highest BCUT2D eigenvalue weighted by molar-refractivity contribution is 5.71. The Kier molecular flexibility index (Phi) is 25.7. The van der Waals surface area contributed by atoms with Gasteiger partial charge in [0.1, 0.15) is 50.1 Å². The molecule has 4 aromatic carbocycles. The van der Waals surface area contributed by atoms with Crippen LogP contribution in [0.5, 0.6) is 11.5 Å². The number of ether oxygens (including phenoxy) is 14. The summed E-state index contributed by atoms with van der Waals surface area (Å²) >= 11 is 0. The van der Waals surface area contributed by atoms with Gasteiger partial charge in [-0.1, -0.05) is 72.8 Å². The first kappa shape index (κ1) is 70.3. The van der Waals surface area contributed by atoms with Gasteiger partial charge in [-0.05, 0) is 109 Å². The minimum atomic E-state index is -1.32. The van der Waals surface area contributed by atoms with Crippen molar-refractivity contribution in [1.29, 1.82) is 0 Å². The van der Waals surface area contributed by atoms with Crippen molar-refractivity contribution in [3.63, 3.8) is 0 Å². The molecule has 10 atom stereocenters. The van der Waals surface area contributed by atoms with Crippen LogP contribution in [0.4, 0.5) is 0 Å². The van der Waals surface area contributed by atoms with E-state index in [1.165, 1.54) is 27.7 Å². The van der Waals surface area contributed by atoms with E-state index in [-0.39, 0.29) is 26.4 Å². The molecular weight excluding hydrogens is 1220 g/mol. The summed E-state index contributed by atoms with van der Waals surface area (Å²) in [5.74, 6) is -4.25. The minimum Gasteiger partial charge on any atom is -0.489 e. The second-order valence-corrected chi connectivity index (χ2v) is 22.2. The van der Waals surface area contributed by atoms with Gasteiger partial charge in [0, 0.05) is 66.5 Å². The van der Waals surface area contributed by atoms with Crippen LogP contribution in [0.2, 0.25) is 0 Å². The van der Waals surface area contributed by atoms with Crippen LogP contribution in [0.15, 0.2) is 133 Å². The van der Waals surface area contributed by atoms with E-state index in [2.05, 4.69) is 0 Å². The largest absolute Gasteiger partial charge is 0.489 e. The Labute approximate surface area is 543 Å². The predicted molar refractivity (Wildman–Crippen MR) is 332 cm³/mol. The summed E-state index contributed by atoms with van der Waals surface area (Å²) in [7, 11) is 0. The number of hydrogen-bond acceptors (Lipinski definition) is 24. The monoisotopic (exact) mass is 1300 g/mol. The van der Waals surface area contributed by atoms with E-state index in [0.717, 1.165) is 72.5 Å². The first-order chi connectivity index (χ1) is 45.1. The molecule has 24 heteroatoms. The highest BCUT2D eigenvalue weighted by atomic mass is 16.7. The van der Waals surface area contributed by atoms with E-state index in [1.54, 1.807) is 0 Å². The zero-order valence-electron chi connectivity index (χ0n) is 53.4. The molecule has 0 amide bonds. The van der Waals surface area contributed by atoms with Gasteiger partial charge in [-0.15, -0.1) is 0 Å². The molecule has 2 fully saturated rings. The van der Waals surface area contributed by atoms with Gasteiger partial charge in [0.05, 0.1) is 36.0 Å². The Balaban J connectivity index is 0.810. The smallest absolute Gasteiger partial charge is 0.303 e. The van der Waals surface area contributed by atoms with E-state index < -0.39 is 109 Å². The molecule has 0 unspecified atom stereocenters. The SMILES string of the molecule is CC(=O)OC[C@H]1O[C@@H](OCCCc2ccc(OCc3cccc(-c4cccc(-c5cccc(-c6cccc(COc7ccc(CCCO[C@@H]8O[C@H](COC(C)=O)[C@H](OC(C)=O)[C@H](OC(C)=O)[C@H]8OC(C)=O)cc7)c6)n5)n4)c3)cc2)[C@H](OC(C)=O)[C@@H](OC(C)=O)[C@H]1OC(C)=O. The zero-order chi connectivity index (χ0) is 67.3. The van der Waals surface area contributed by atoms with E-state index in [0.29, 0.717) is 61.8 Å². The van der Waals surface area contributed by atoms with Gasteiger partial charge >= 0.3 is 47.8 Å². The Morgan fingerprint density at radius 2 is 0.691 bits per heavy atom. The lowest BCUT2D eigenvalue weighted by molar-refractivity contribution is -0.308. The summed E-state index contributed by atoms with van der Waals surface area (Å²) in [6, 6.07) is 43.0. The van der Waals surface area contributed by atoms with Crippen molar-refractivity contribution >= 4 is 47.8 Å². The van der Waals surface area contributed by atoms with Gasteiger partial charge in [0.25, 0.3) is 0 Å². The van der Waals surface area contributed by atoms with Crippen LogP contribution in [-0.2, 0) is 121 Å². The summed E-state index contributed by atoms with van der Waals surface area (Å²) in [5, 5.41) is 0.